The van der Waals surface area contributed by atoms with Crippen LogP contribution in [0.15, 0.2) is 10.2 Å². The summed E-state index contributed by atoms with van der Waals surface area (Å²) in [7, 11) is 0. The normalized spacial score (nSPS) is 10.1. The zero-order valence-electron chi connectivity index (χ0n) is 6.57. The van der Waals surface area contributed by atoms with Gasteiger partial charge in [-0.1, -0.05) is 11.3 Å². The summed E-state index contributed by atoms with van der Waals surface area (Å²) in [5, 5.41) is 11.8. The Morgan fingerprint density at radius 3 is 2.83 bits per heavy atom. The number of aromatic nitrogens is 1. The molecule has 0 saturated carbocycles. The zero-order chi connectivity index (χ0) is 9.14. The van der Waals surface area contributed by atoms with E-state index in [0.717, 1.165) is 17.0 Å². The lowest BCUT2D eigenvalue weighted by atomic mass is 10.4. The molecule has 0 fully saturated rings. The van der Waals surface area contributed by atoms with Crippen LogP contribution in [-0.4, -0.2) is 10.5 Å². The van der Waals surface area contributed by atoms with Gasteiger partial charge >= 0.3 is 4.87 Å². The maximum atomic E-state index is 11.0. The van der Waals surface area contributed by atoms with Crippen LogP contribution in [0.5, 0.6) is 0 Å². The number of carboxylic acid groups (broad SMARTS) is 1. The Morgan fingerprint density at radius 2 is 2.42 bits per heavy atom. The van der Waals surface area contributed by atoms with Crippen molar-refractivity contribution in [2.75, 3.05) is 0 Å². The Hall–Kier alpha value is -1.10. The maximum absolute atomic E-state index is 11.0. The van der Waals surface area contributed by atoms with E-state index in [-0.39, 0.29) is 17.8 Å². The van der Waals surface area contributed by atoms with Gasteiger partial charge in [0.1, 0.15) is 0 Å². The number of hydrogen-bond donors (Lipinski definition) is 0. The summed E-state index contributed by atoms with van der Waals surface area (Å²) in [6.07, 6.45) is -0.114. The fourth-order valence-corrected chi connectivity index (χ4v) is 1.64. The molecule has 0 saturated heterocycles. The van der Waals surface area contributed by atoms with E-state index in [0.29, 0.717) is 0 Å². The number of aliphatic carboxylic acids is 1. The first-order valence-electron chi connectivity index (χ1n) is 3.46. The van der Waals surface area contributed by atoms with Gasteiger partial charge in [-0.25, -0.2) is 0 Å². The summed E-state index contributed by atoms with van der Waals surface area (Å²) in [6.45, 7) is 1.98. The minimum Gasteiger partial charge on any atom is -0.550 e. The van der Waals surface area contributed by atoms with Crippen molar-refractivity contribution in [3.8, 4) is 0 Å². The number of aryl methyl sites for hydroxylation is 1. The standard InChI is InChI=1S/C7H9NO3S/c1-5-4-12-7(11)8(5)3-2-6(9)10/h4H,2-3H2,1H3,(H,9,10)/p-1. The lowest BCUT2D eigenvalue weighted by Gasteiger charge is -2.03. The lowest BCUT2D eigenvalue weighted by Crippen LogP contribution is -2.26. The van der Waals surface area contributed by atoms with Gasteiger partial charge < -0.3 is 14.5 Å². The van der Waals surface area contributed by atoms with E-state index < -0.39 is 5.97 Å². The molecule has 1 aromatic heterocycles. The molecule has 0 N–H and O–H groups in total. The van der Waals surface area contributed by atoms with Gasteiger partial charge in [-0.3, -0.25) is 4.79 Å². The van der Waals surface area contributed by atoms with E-state index in [1.54, 1.807) is 12.3 Å². The second kappa shape index (κ2) is 3.53. The molecule has 0 aliphatic heterocycles. The van der Waals surface area contributed by atoms with E-state index in [9.17, 15) is 14.7 Å². The molecule has 0 atom stereocenters. The Labute approximate surface area is 73.1 Å². The summed E-state index contributed by atoms with van der Waals surface area (Å²) < 4.78 is 1.43. The van der Waals surface area contributed by atoms with Gasteiger partial charge in [0, 0.05) is 30.0 Å². The molecular formula is C7H8NO3S-. The van der Waals surface area contributed by atoms with Crippen LogP contribution in [0.1, 0.15) is 12.1 Å². The van der Waals surface area contributed by atoms with Crippen molar-refractivity contribution in [3.63, 3.8) is 0 Å². The van der Waals surface area contributed by atoms with Gasteiger partial charge in [0.05, 0.1) is 0 Å². The predicted molar refractivity (Wildman–Crippen MR) is 42.9 cm³/mol. The first-order chi connectivity index (χ1) is 5.61. The first-order valence-corrected chi connectivity index (χ1v) is 4.34. The van der Waals surface area contributed by atoms with E-state index in [2.05, 4.69) is 0 Å². The molecule has 0 aromatic carbocycles. The molecule has 0 amide bonds. The molecule has 0 radical (unpaired) electrons. The number of carboxylic acids is 1. The molecule has 5 heteroatoms. The molecule has 1 rings (SSSR count). The summed E-state index contributed by atoms with van der Waals surface area (Å²) in [4.78, 5) is 21.0. The van der Waals surface area contributed by atoms with Crippen LogP contribution in [0.25, 0.3) is 0 Å². The second-order valence-corrected chi connectivity index (χ2v) is 3.24. The second-order valence-electron chi connectivity index (χ2n) is 2.42. The molecule has 12 heavy (non-hydrogen) atoms. The number of rotatable bonds is 3. The highest BCUT2D eigenvalue weighted by Crippen LogP contribution is 1.99. The topological polar surface area (TPSA) is 62.1 Å². The van der Waals surface area contributed by atoms with Gasteiger partial charge in [-0.05, 0) is 6.92 Å². The van der Waals surface area contributed by atoms with E-state index in [4.69, 9.17) is 0 Å². The van der Waals surface area contributed by atoms with Crippen LogP contribution in [0.3, 0.4) is 0 Å². The minimum atomic E-state index is -1.13. The molecule has 0 unspecified atom stereocenters. The summed E-state index contributed by atoms with van der Waals surface area (Å²) >= 11 is 1.08. The van der Waals surface area contributed by atoms with Gasteiger partial charge in [-0.15, -0.1) is 0 Å². The number of nitrogens with zero attached hydrogens (tertiary/aromatic N) is 1. The number of carbonyl (C=O) groups excluding carboxylic acids is 1. The van der Waals surface area contributed by atoms with Crippen LogP contribution in [-0.2, 0) is 11.3 Å². The van der Waals surface area contributed by atoms with Crippen molar-refractivity contribution in [1.82, 2.24) is 4.57 Å². The summed E-state index contributed by atoms with van der Waals surface area (Å²) in [5.41, 5.74) is 0.797. The predicted octanol–water partition coefficient (Wildman–Crippen LogP) is -0.642. The molecule has 0 aliphatic carbocycles. The third-order valence-corrected chi connectivity index (χ3v) is 2.40. The third-order valence-electron chi connectivity index (χ3n) is 1.52. The molecular weight excluding hydrogens is 178 g/mol. The van der Waals surface area contributed by atoms with Crippen molar-refractivity contribution in [2.24, 2.45) is 0 Å². The fourth-order valence-electron chi connectivity index (χ4n) is 0.878. The van der Waals surface area contributed by atoms with Crippen molar-refractivity contribution >= 4 is 17.3 Å². The highest BCUT2D eigenvalue weighted by molar-refractivity contribution is 7.07. The van der Waals surface area contributed by atoms with Crippen LogP contribution >= 0.6 is 11.3 Å². The van der Waals surface area contributed by atoms with E-state index in [1.807, 2.05) is 0 Å². The van der Waals surface area contributed by atoms with Gasteiger partial charge in [0.25, 0.3) is 0 Å². The smallest absolute Gasteiger partial charge is 0.307 e. The largest absolute Gasteiger partial charge is 0.550 e. The SMILES string of the molecule is Cc1csc(=O)n1CCC(=O)[O-]. The molecule has 1 aromatic rings. The molecule has 4 nitrogen and oxygen atoms in total. The Balaban J connectivity index is 2.75. The highest BCUT2D eigenvalue weighted by atomic mass is 32.1. The number of hydrogen-bond acceptors (Lipinski definition) is 4. The van der Waals surface area contributed by atoms with Crippen LogP contribution in [0.2, 0.25) is 0 Å². The molecule has 1 heterocycles. The van der Waals surface area contributed by atoms with Crippen LogP contribution in [0, 0.1) is 6.92 Å². The van der Waals surface area contributed by atoms with Gasteiger partial charge in [0.15, 0.2) is 0 Å². The average molecular weight is 186 g/mol. The fraction of sp³-hybridized carbons (Fsp3) is 0.429. The molecule has 66 valence electrons. The number of thiazole rings is 1. The lowest BCUT2D eigenvalue weighted by molar-refractivity contribution is -0.305. The Kier molecular flexibility index (Phi) is 2.65. The maximum Gasteiger partial charge on any atom is 0.307 e. The molecule has 0 bridgehead atoms. The summed E-state index contributed by atoms with van der Waals surface area (Å²) in [6, 6.07) is 0. The first kappa shape index (κ1) is 8.99. The van der Waals surface area contributed by atoms with Crippen molar-refractivity contribution < 1.29 is 9.90 Å². The highest BCUT2D eigenvalue weighted by Gasteiger charge is 2.00. The molecule has 0 spiro atoms. The van der Waals surface area contributed by atoms with E-state index >= 15 is 0 Å². The van der Waals surface area contributed by atoms with E-state index in [1.165, 1.54) is 4.57 Å². The van der Waals surface area contributed by atoms with Crippen molar-refractivity contribution in [3.05, 3.63) is 20.7 Å². The van der Waals surface area contributed by atoms with Crippen LogP contribution < -0.4 is 9.98 Å². The minimum absolute atomic E-state index is 0.114. The quantitative estimate of drug-likeness (QED) is 0.630. The summed E-state index contributed by atoms with van der Waals surface area (Å²) in [5.74, 6) is -1.13. The van der Waals surface area contributed by atoms with Gasteiger partial charge in [-0.2, -0.15) is 0 Å². The molecule has 0 aliphatic rings. The van der Waals surface area contributed by atoms with Gasteiger partial charge in [0.2, 0.25) is 0 Å². The number of carbonyl (C=O) groups is 1. The monoisotopic (exact) mass is 186 g/mol. The average Bonchev–Trinajstić information content (AvgIpc) is 2.28. The zero-order valence-corrected chi connectivity index (χ0v) is 7.39. The third kappa shape index (κ3) is 1.94. The van der Waals surface area contributed by atoms with Crippen molar-refractivity contribution in [2.45, 2.75) is 19.9 Å². The van der Waals surface area contributed by atoms with Crippen LogP contribution in [0.4, 0.5) is 0 Å². The Morgan fingerprint density at radius 1 is 1.75 bits per heavy atom. The van der Waals surface area contributed by atoms with Crippen molar-refractivity contribution in [1.29, 1.82) is 0 Å². The Bertz CT molecular complexity index is 339.